The number of aromatic nitrogens is 2. The minimum absolute atomic E-state index is 0.0543. The standard InChI is InChI=1S/C21H19ClN4O2S/c1-25-9-8-16-17(12-25)29-19-18(16)20(27)26(14-6-4-13(22)5-7-14)21(24-19)23-11-15-3-2-10-28-15/h2-7,10H,8-9,11-12H2,1H3,(H,23,24). The summed E-state index contributed by atoms with van der Waals surface area (Å²) in [6.45, 7) is 2.23. The van der Waals surface area contributed by atoms with Crippen LogP contribution in [0.1, 0.15) is 16.2 Å². The van der Waals surface area contributed by atoms with Crippen LogP contribution in [0.4, 0.5) is 5.95 Å². The summed E-state index contributed by atoms with van der Waals surface area (Å²) >= 11 is 7.67. The highest BCUT2D eigenvalue weighted by atomic mass is 35.5. The first-order chi connectivity index (χ1) is 14.1. The Hall–Kier alpha value is -2.61. The van der Waals surface area contributed by atoms with E-state index in [0.717, 1.165) is 46.7 Å². The third-order valence-electron chi connectivity index (χ3n) is 5.15. The van der Waals surface area contributed by atoms with E-state index in [-0.39, 0.29) is 5.56 Å². The van der Waals surface area contributed by atoms with E-state index in [1.807, 2.05) is 24.3 Å². The van der Waals surface area contributed by atoms with Crippen LogP contribution in [0.2, 0.25) is 5.02 Å². The molecule has 1 aliphatic heterocycles. The molecule has 0 atom stereocenters. The number of thiophene rings is 1. The number of nitrogens with one attached hydrogen (secondary N) is 1. The van der Waals surface area contributed by atoms with E-state index in [9.17, 15) is 4.79 Å². The van der Waals surface area contributed by atoms with Gasteiger partial charge in [-0.15, -0.1) is 11.3 Å². The molecule has 1 aromatic carbocycles. The van der Waals surface area contributed by atoms with Crippen LogP contribution in [0, 0.1) is 0 Å². The second-order valence-electron chi connectivity index (χ2n) is 7.16. The monoisotopic (exact) mass is 426 g/mol. The first-order valence-electron chi connectivity index (χ1n) is 9.38. The molecule has 4 heterocycles. The molecule has 0 fully saturated rings. The van der Waals surface area contributed by atoms with Gasteiger partial charge in [-0.25, -0.2) is 9.55 Å². The molecule has 0 bridgehead atoms. The summed E-state index contributed by atoms with van der Waals surface area (Å²) in [5.41, 5.74) is 1.81. The maximum Gasteiger partial charge on any atom is 0.268 e. The largest absolute Gasteiger partial charge is 0.467 e. The normalized spacial score (nSPS) is 14.3. The predicted octanol–water partition coefficient (Wildman–Crippen LogP) is 4.29. The molecule has 0 amide bonds. The summed E-state index contributed by atoms with van der Waals surface area (Å²) in [5, 5.41) is 4.63. The van der Waals surface area contributed by atoms with Crippen molar-refractivity contribution in [1.82, 2.24) is 14.5 Å². The summed E-state index contributed by atoms with van der Waals surface area (Å²) in [5.74, 6) is 1.27. The third kappa shape index (κ3) is 3.35. The number of benzene rings is 1. The maximum absolute atomic E-state index is 13.6. The van der Waals surface area contributed by atoms with Crippen LogP contribution in [0.5, 0.6) is 0 Å². The lowest BCUT2D eigenvalue weighted by molar-refractivity contribution is 0.318. The first kappa shape index (κ1) is 18.4. The molecule has 0 spiro atoms. The molecule has 6 nitrogen and oxygen atoms in total. The van der Waals surface area contributed by atoms with E-state index >= 15 is 0 Å². The lowest BCUT2D eigenvalue weighted by Gasteiger charge is -2.21. The lowest BCUT2D eigenvalue weighted by Crippen LogP contribution is -2.27. The number of hydrogen-bond donors (Lipinski definition) is 1. The van der Waals surface area contributed by atoms with Gasteiger partial charge < -0.3 is 14.6 Å². The van der Waals surface area contributed by atoms with Crippen molar-refractivity contribution in [2.24, 2.45) is 0 Å². The fourth-order valence-corrected chi connectivity index (χ4v) is 5.11. The highest BCUT2D eigenvalue weighted by Gasteiger charge is 2.24. The van der Waals surface area contributed by atoms with E-state index in [1.165, 1.54) is 4.88 Å². The Labute approximate surface area is 176 Å². The molecule has 4 aromatic rings. The number of hydrogen-bond acceptors (Lipinski definition) is 6. The van der Waals surface area contributed by atoms with Gasteiger partial charge in [0.2, 0.25) is 5.95 Å². The number of furan rings is 1. The Bertz CT molecular complexity index is 1230. The molecule has 29 heavy (non-hydrogen) atoms. The summed E-state index contributed by atoms with van der Waals surface area (Å²) < 4.78 is 7.05. The number of fused-ring (bicyclic) bond motifs is 3. The lowest BCUT2D eigenvalue weighted by atomic mass is 10.1. The highest BCUT2D eigenvalue weighted by Crippen LogP contribution is 2.33. The van der Waals surface area contributed by atoms with Crippen molar-refractivity contribution in [2.45, 2.75) is 19.5 Å². The third-order valence-corrected chi connectivity index (χ3v) is 6.51. The minimum Gasteiger partial charge on any atom is -0.467 e. The number of likely N-dealkylation sites (N-methyl/N-ethyl adjacent to an activating group) is 1. The molecule has 0 radical (unpaired) electrons. The fraction of sp³-hybridized carbons (Fsp3) is 0.238. The molecule has 0 aliphatic carbocycles. The Kier molecular flexibility index (Phi) is 4.66. The summed E-state index contributed by atoms with van der Waals surface area (Å²) in [4.78, 5) is 22.7. The smallest absolute Gasteiger partial charge is 0.268 e. The molecule has 0 saturated heterocycles. The maximum atomic E-state index is 13.6. The van der Waals surface area contributed by atoms with Crippen molar-refractivity contribution in [3.8, 4) is 5.69 Å². The first-order valence-corrected chi connectivity index (χ1v) is 10.6. The van der Waals surface area contributed by atoms with Crippen molar-refractivity contribution in [3.63, 3.8) is 0 Å². The number of nitrogens with zero attached hydrogens (tertiary/aromatic N) is 3. The number of rotatable bonds is 4. The highest BCUT2D eigenvalue weighted by molar-refractivity contribution is 7.18. The van der Waals surface area contributed by atoms with Crippen molar-refractivity contribution in [2.75, 3.05) is 18.9 Å². The average molecular weight is 427 g/mol. The van der Waals surface area contributed by atoms with Crippen molar-refractivity contribution >= 4 is 39.1 Å². The summed E-state index contributed by atoms with van der Waals surface area (Å²) in [6, 6.07) is 11.0. The van der Waals surface area contributed by atoms with Crippen LogP contribution in [0.3, 0.4) is 0 Å². The Morgan fingerprint density at radius 2 is 2.10 bits per heavy atom. The van der Waals surface area contributed by atoms with E-state index < -0.39 is 0 Å². The van der Waals surface area contributed by atoms with E-state index in [0.29, 0.717) is 17.5 Å². The second kappa shape index (κ2) is 7.33. The van der Waals surface area contributed by atoms with Gasteiger partial charge >= 0.3 is 0 Å². The molecular formula is C21H19ClN4O2S. The zero-order valence-corrected chi connectivity index (χ0v) is 17.4. The molecule has 0 saturated carbocycles. The van der Waals surface area contributed by atoms with Crippen LogP contribution < -0.4 is 10.9 Å². The molecule has 1 aliphatic rings. The quantitative estimate of drug-likeness (QED) is 0.527. The molecule has 0 unspecified atom stereocenters. The topological polar surface area (TPSA) is 63.3 Å². The Balaban J connectivity index is 1.69. The van der Waals surface area contributed by atoms with Crippen LogP contribution in [-0.4, -0.2) is 28.0 Å². The zero-order chi connectivity index (χ0) is 20.0. The van der Waals surface area contributed by atoms with E-state index in [1.54, 1.807) is 34.3 Å². The van der Waals surface area contributed by atoms with Gasteiger partial charge in [0, 0.05) is 23.0 Å². The van der Waals surface area contributed by atoms with Crippen molar-refractivity contribution < 1.29 is 4.42 Å². The van der Waals surface area contributed by atoms with Crippen LogP contribution in [-0.2, 0) is 19.5 Å². The van der Waals surface area contributed by atoms with Gasteiger partial charge in [-0.3, -0.25) is 4.79 Å². The second-order valence-corrected chi connectivity index (χ2v) is 8.68. The van der Waals surface area contributed by atoms with Gasteiger partial charge in [0.05, 0.1) is 23.9 Å². The Morgan fingerprint density at radius 3 is 2.86 bits per heavy atom. The van der Waals surface area contributed by atoms with Gasteiger partial charge in [0.15, 0.2) is 0 Å². The summed E-state index contributed by atoms with van der Waals surface area (Å²) in [7, 11) is 2.10. The zero-order valence-electron chi connectivity index (χ0n) is 15.8. The van der Waals surface area contributed by atoms with Gasteiger partial charge in [-0.2, -0.15) is 0 Å². The van der Waals surface area contributed by atoms with Crippen molar-refractivity contribution in [1.29, 1.82) is 0 Å². The van der Waals surface area contributed by atoms with Crippen LogP contribution in [0.25, 0.3) is 15.9 Å². The van der Waals surface area contributed by atoms with Crippen LogP contribution in [0.15, 0.2) is 51.9 Å². The number of halogens is 1. The average Bonchev–Trinajstić information content (AvgIpc) is 3.34. The van der Waals surface area contributed by atoms with Gasteiger partial charge in [0.1, 0.15) is 10.6 Å². The molecule has 8 heteroatoms. The molecule has 1 N–H and O–H groups in total. The van der Waals surface area contributed by atoms with E-state index in [2.05, 4.69) is 17.3 Å². The number of anilines is 1. The van der Waals surface area contributed by atoms with E-state index in [4.69, 9.17) is 21.0 Å². The summed E-state index contributed by atoms with van der Waals surface area (Å²) in [6.07, 6.45) is 2.49. The van der Waals surface area contributed by atoms with Crippen molar-refractivity contribution in [3.05, 3.63) is 74.2 Å². The molecular weight excluding hydrogens is 408 g/mol. The molecule has 148 valence electrons. The fourth-order valence-electron chi connectivity index (χ4n) is 3.70. The SMILES string of the molecule is CN1CCc2c(sc3nc(NCc4ccco4)n(-c4ccc(Cl)cc4)c(=O)c23)C1. The van der Waals surface area contributed by atoms with Gasteiger partial charge in [-0.1, -0.05) is 11.6 Å². The minimum atomic E-state index is -0.0543. The van der Waals surface area contributed by atoms with Gasteiger partial charge in [0.25, 0.3) is 5.56 Å². The van der Waals surface area contributed by atoms with Crippen LogP contribution >= 0.6 is 22.9 Å². The predicted molar refractivity (Wildman–Crippen MR) is 116 cm³/mol. The molecule has 5 rings (SSSR count). The Morgan fingerprint density at radius 1 is 1.28 bits per heavy atom. The van der Waals surface area contributed by atoms with Gasteiger partial charge in [-0.05, 0) is 55.4 Å². The molecule has 3 aromatic heterocycles.